The van der Waals surface area contributed by atoms with Crippen LogP contribution in [-0.2, 0) is 12.0 Å². The first-order valence-corrected chi connectivity index (χ1v) is 12.7. The summed E-state index contributed by atoms with van der Waals surface area (Å²) in [6.07, 6.45) is 7.85. The number of aromatic nitrogens is 2. The van der Waals surface area contributed by atoms with Crippen LogP contribution < -0.4 is 10.6 Å². The number of benzene rings is 2. The van der Waals surface area contributed by atoms with Gasteiger partial charge in [-0.25, -0.2) is 9.97 Å². The van der Waals surface area contributed by atoms with Gasteiger partial charge in [-0.2, -0.15) is 0 Å². The summed E-state index contributed by atoms with van der Waals surface area (Å²) in [6.45, 7) is 0.282. The summed E-state index contributed by atoms with van der Waals surface area (Å²) in [6, 6.07) is 13.6. The average molecular weight is 516 g/mol. The standard InChI is InChI=1S/C26H25Cl3N4O/c27-18-7-4-17(5-8-18)26(11-1-2-12-26)23-21(15-31-25(33-23)32-20-9-10-20)24(34)30-14-16-3-6-19(28)13-22(16)29/h3-8,13,15,20H,1-2,9-12,14H2,(H,30,34)(H,31,32,33). The molecule has 1 amide bonds. The van der Waals surface area contributed by atoms with E-state index in [1.807, 2.05) is 18.2 Å². The molecule has 2 saturated carbocycles. The number of carbonyl (C=O) groups is 1. The fourth-order valence-electron chi connectivity index (χ4n) is 4.74. The van der Waals surface area contributed by atoms with Crippen LogP contribution in [0.4, 0.5) is 5.95 Å². The predicted molar refractivity (Wildman–Crippen MR) is 137 cm³/mol. The van der Waals surface area contributed by atoms with Gasteiger partial charge in [0, 0.05) is 39.3 Å². The molecule has 2 fully saturated rings. The molecule has 5 rings (SSSR count). The average Bonchev–Trinajstić information content (AvgIpc) is 3.50. The van der Waals surface area contributed by atoms with Crippen LogP contribution in [0, 0.1) is 0 Å². The van der Waals surface area contributed by atoms with Gasteiger partial charge in [-0.05, 0) is 61.1 Å². The molecule has 0 atom stereocenters. The highest BCUT2D eigenvalue weighted by Gasteiger charge is 2.42. The summed E-state index contributed by atoms with van der Waals surface area (Å²) in [5.74, 6) is 0.356. The molecule has 0 unspecified atom stereocenters. The fourth-order valence-corrected chi connectivity index (χ4v) is 5.34. The number of hydrogen-bond donors (Lipinski definition) is 2. The van der Waals surface area contributed by atoms with Gasteiger partial charge in [-0.1, -0.05) is 65.8 Å². The van der Waals surface area contributed by atoms with Crippen molar-refractivity contribution in [1.82, 2.24) is 15.3 Å². The van der Waals surface area contributed by atoms with E-state index in [0.29, 0.717) is 32.6 Å². The molecule has 2 aliphatic carbocycles. The van der Waals surface area contributed by atoms with Crippen molar-refractivity contribution < 1.29 is 4.79 Å². The first-order chi connectivity index (χ1) is 16.4. The predicted octanol–water partition coefficient (Wildman–Crippen LogP) is 6.80. The maximum Gasteiger partial charge on any atom is 0.255 e. The van der Waals surface area contributed by atoms with Crippen molar-refractivity contribution in [3.05, 3.63) is 86.1 Å². The van der Waals surface area contributed by atoms with Crippen LogP contribution in [0.2, 0.25) is 15.1 Å². The van der Waals surface area contributed by atoms with Crippen LogP contribution in [0.3, 0.4) is 0 Å². The fraction of sp³-hybridized carbons (Fsp3) is 0.346. The normalized spacial score (nSPS) is 16.9. The van der Waals surface area contributed by atoms with Crippen molar-refractivity contribution in [3.63, 3.8) is 0 Å². The Hall–Kier alpha value is -2.34. The van der Waals surface area contributed by atoms with Gasteiger partial charge in [-0.15, -0.1) is 0 Å². The molecule has 8 heteroatoms. The quantitative estimate of drug-likeness (QED) is 0.363. The number of rotatable bonds is 7. The van der Waals surface area contributed by atoms with Crippen molar-refractivity contribution in [2.45, 2.75) is 56.5 Å². The Morgan fingerprint density at radius 1 is 1.00 bits per heavy atom. The van der Waals surface area contributed by atoms with E-state index in [1.54, 1.807) is 18.3 Å². The lowest BCUT2D eigenvalue weighted by atomic mass is 9.74. The number of amides is 1. The lowest BCUT2D eigenvalue weighted by molar-refractivity contribution is 0.0947. The number of halogens is 3. The molecule has 5 nitrogen and oxygen atoms in total. The second-order valence-electron chi connectivity index (χ2n) is 9.09. The molecule has 0 radical (unpaired) electrons. The third kappa shape index (κ3) is 4.88. The number of hydrogen-bond acceptors (Lipinski definition) is 4. The molecule has 2 N–H and O–H groups in total. The maximum absolute atomic E-state index is 13.4. The maximum atomic E-state index is 13.4. The van der Waals surface area contributed by atoms with E-state index in [9.17, 15) is 4.79 Å². The van der Waals surface area contributed by atoms with E-state index in [0.717, 1.165) is 55.3 Å². The van der Waals surface area contributed by atoms with Crippen molar-refractivity contribution in [1.29, 1.82) is 0 Å². The van der Waals surface area contributed by atoms with Crippen LogP contribution in [0.5, 0.6) is 0 Å². The summed E-state index contributed by atoms with van der Waals surface area (Å²) < 4.78 is 0. The van der Waals surface area contributed by atoms with Gasteiger partial charge in [-0.3, -0.25) is 4.79 Å². The molecule has 2 aliphatic rings. The van der Waals surface area contributed by atoms with E-state index < -0.39 is 0 Å². The van der Waals surface area contributed by atoms with Crippen molar-refractivity contribution >= 4 is 46.7 Å². The molecule has 0 aliphatic heterocycles. The van der Waals surface area contributed by atoms with E-state index in [2.05, 4.69) is 27.8 Å². The summed E-state index contributed by atoms with van der Waals surface area (Å²) >= 11 is 18.5. The van der Waals surface area contributed by atoms with Crippen LogP contribution in [0.15, 0.2) is 48.7 Å². The lowest BCUT2D eigenvalue weighted by Crippen LogP contribution is -2.32. The Morgan fingerprint density at radius 2 is 1.71 bits per heavy atom. The highest BCUT2D eigenvalue weighted by molar-refractivity contribution is 6.35. The molecule has 34 heavy (non-hydrogen) atoms. The molecule has 176 valence electrons. The highest BCUT2D eigenvalue weighted by atomic mass is 35.5. The number of nitrogens with one attached hydrogen (secondary N) is 2. The van der Waals surface area contributed by atoms with Gasteiger partial charge in [0.25, 0.3) is 5.91 Å². The van der Waals surface area contributed by atoms with Crippen LogP contribution in [0.1, 0.15) is 65.7 Å². The van der Waals surface area contributed by atoms with Crippen LogP contribution >= 0.6 is 34.8 Å². The zero-order chi connectivity index (χ0) is 23.7. The summed E-state index contributed by atoms with van der Waals surface area (Å²) in [5, 5.41) is 8.15. The number of anilines is 1. The Labute approximate surface area is 214 Å². The smallest absolute Gasteiger partial charge is 0.255 e. The monoisotopic (exact) mass is 514 g/mol. The third-order valence-electron chi connectivity index (χ3n) is 6.71. The first-order valence-electron chi connectivity index (χ1n) is 11.6. The van der Waals surface area contributed by atoms with Gasteiger partial charge < -0.3 is 10.6 Å². The Kier molecular flexibility index (Phi) is 6.70. The summed E-state index contributed by atoms with van der Waals surface area (Å²) in [4.78, 5) is 22.9. The van der Waals surface area contributed by atoms with Gasteiger partial charge in [0.2, 0.25) is 5.95 Å². The Balaban J connectivity index is 1.51. The van der Waals surface area contributed by atoms with E-state index >= 15 is 0 Å². The summed E-state index contributed by atoms with van der Waals surface area (Å²) in [5.41, 5.74) is 2.81. The van der Waals surface area contributed by atoms with Crippen molar-refractivity contribution in [2.75, 3.05) is 5.32 Å². The molecule has 3 aromatic rings. The molecule has 0 bridgehead atoms. The van der Waals surface area contributed by atoms with Crippen molar-refractivity contribution in [3.8, 4) is 0 Å². The minimum absolute atomic E-state index is 0.223. The zero-order valence-electron chi connectivity index (χ0n) is 18.6. The van der Waals surface area contributed by atoms with E-state index in [-0.39, 0.29) is 17.9 Å². The molecule has 2 aromatic carbocycles. The topological polar surface area (TPSA) is 66.9 Å². The zero-order valence-corrected chi connectivity index (χ0v) is 20.9. The highest BCUT2D eigenvalue weighted by Crippen LogP contribution is 2.47. The van der Waals surface area contributed by atoms with E-state index in [4.69, 9.17) is 39.8 Å². The SMILES string of the molecule is O=C(NCc1ccc(Cl)cc1Cl)c1cnc(NC2CC2)nc1C1(c2ccc(Cl)cc2)CCCC1. The van der Waals surface area contributed by atoms with Gasteiger partial charge >= 0.3 is 0 Å². The molecule has 1 aromatic heterocycles. The second-order valence-corrected chi connectivity index (χ2v) is 10.4. The molecular weight excluding hydrogens is 491 g/mol. The molecule has 0 spiro atoms. The number of nitrogens with zero attached hydrogens (tertiary/aromatic N) is 2. The Morgan fingerprint density at radius 3 is 2.38 bits per heavy atom. The first kappa shape index (κ1) is 23.4. The van der Waals surface area contributed by atoms with Gasteiger partial charge in [0.1, 0.15) is 0 Å². The largest absolute Gasteiger partial charge is 0.351 e. The van der Waals surface area contributed by atoms with Crippen molar-refractivity contribution in [2.24, 2.45) is 0 Å². The van der Waals surface area contributed by atoms with Crippen LogP contribution in [0.25, 0.3) is 0 Å². The van der Waals surface area contributed by atoms with Crippen LogP contribution in [-0.4, -0.2) is 21.9 Å². The number of carbonyl (C=O) groups excluding carboxylic acids is 1. The Bertz CT molecular complexity index is 1210. The third-order valence-corrected chi connectivity index (χ3v) is 7.54. The minimum Gasteiger partial charge on any atom is -0.351 e. The molecule has 0 saturated heterocycles. The van der Waals surface area contributed by atoms with Gasteiger partial charge in [0.15, 0.2) is 0 Å². The van der Waals surface area contributed by atoms with E-state index in [1.165, 1.54) is 0 Å². The van der Waals surface area contributed by atoms with Gasteiger partial charge in [0.05, 0.1) is 11.3 Å². The minimum atomic E-state index is -0.363. The summed E-state index contributed by atoms with van der Waals surface area (Å²) in [7, 11) is 0. The second kappa shape index (κ2) is 9.73. The lowest BCUT2D eigenvalue weighted by Gasteiger charge is -2.31. The molecular formula is C26H25Cl3N4O. The molecule has 1 heterocycles.